The molecule has 0 radical (unpaired) electrons. The third-order valence-corrected chi connectivity index (χ3v) is 3.34. The van der Waals surface area contributed by atoms with Gasteiger partial charge in [-0.2, -0.15) is 0 Å². The lowest BCUT2D eigenvalue weighted by Crippen LogP contribution is -2.25. The summed E-state index contributed by atoms with van der Waals surface area (Å²) in [4.78, 5) is 0. The number of aryl methyl sites for hydroxylation is 1. The van der Waals surface area contributed by atoms with Crippen LogP contribution in [0.1, 0.15) is 43.4 Å². The van der Waals surface area contributed by atoms with Crippen molar-refractivity contribution < 1.29 is 4.74 Å². The second-order valence-electron chi connectivity index (χ2n) is 4.96. The molecule has 1 unspecified atom stereocenters. The van der Waals surface area contributed by atoms with Crippen molar-refractivity contribution >= 4 is 0 Å². The van der Waals surface area contributed by atoms with Crippen molar-refractivity contribution in [2.45, 2.75) is 39.2 Å². The Balaban J connectivity index is 2.18. The summed E-state index contributed by atoms with van der Waals surface area (Å²) in [6.45, 7) is 6.22. The average Bonchev–Trinajstić information content (AvgIpc) is 2.42. The highest BCUT2D eigenvalue weighted by Crippen LogP contribution is 2.27. The first-order valence-electron chi connectivity index (χ1n) is 6.91. The van der Waals surface area contributed by atoms with E-state index in [2.05, 4.69) is 43.4 Å². The summed E-state index contributed by atoms with van der Waals surface area (Å²) < 4.78 is 5.49. The Morgan fingerprint density at radius 3 is 2.67 bits per heavy atom. The molecular weight excluding hydrogens is 222 g/mol. The highest BCUT2D eigenvalue weighted by Gasteiger charge is 2.18. The second-order valence-corrected chi connectivity index (χ2v) is 4.96. The van der Waals surface area contributed by atoms with Crippen LogP contribution in [0.3, 0.4) is 0 Å². The molecule has 0 bridgehead atoms. The van der Waals surface area contributed by atoms with Crippen LogP contribution < -0.4 is 5.32 Å². The van der Waals surface area contributed by atoms with Crippen LogP contribution in [-0.2, 0) is 4.74 Å². The van der Waals surface area contributed by atoms with Gasteiger partial charge in [0.1, 0.15) is 0 Å². The number of nitrogens with one attached hydrogen (secondary N) is 1. The van der Waals surface area contributed by atoms with Gasteiger partial charge in [0, 0.05) is 0 Å². The summed E-state index contributed by atoms with van der Waals surface area (Å²) in [5, 5.41) is 3.63. The molecule has 2 nitrogen and oxygen atoms in total. The van der Waals surface area contributed by atoms with Crippen LogP contribution in [0.5, 0.6) is 0 Å². The maximum atomic E-state index is 5.49. The average molecular weight is 245 g/mol. The molecule has 1 aromatic rings. The molecule has 0 saturated carbocycles. The molecule has 0 spiro atoms. The lowest BCUT2D eigenvalue weighted by atomic mass is 9.94. The molecule has 2 heteroatoms. The smallest absolute Gasteiger partial charge is 0.0876 e. The molecule has 0 fully saturated rings. The minimum atomic E-state index is 0.311. The fourth-order valence-electron chi connectivity index (χ4n) is 2.31. The van der Waals surface area contributed by atoms with Crippen molar-refractivity contribution in [3.63, 3.8) is 0 Å². The molecule has 1 aliphatic rings. The number of hydrogen-bond donors (Lipinski definition) is 1. The first-order valence-corrected chi connectivity index (χ1v) is 6.91. The zero-order chi connectivity index (χ0) is 12.8. The second kappa shape index (κ2) is 6.60. The Labute approximate surface area is 110 Å². The van der Waals surface area contributed by atoms with Crippen molar-refractivity contribution in [2.75, 3.05) is 13.2 Å². The normalized spacial score (nSPS) is 16.9. The maximum absolute atomic E-state index is 5.49. The summed E-state index contributed by atoms with van der Waals surface area (Å²) in [7, 11) is 0. The lowest BCUT2D eigenvalue weighted by molar-refractivity contribution is 0.219. The van der Waals surface area contributed by atoms with Crippen LogP contribution >= 0.6 is 0 Å². The van der Waals surface area contributed by atoms with Crippen molar-refractivity contribution in [3.05, 3.63) is 47.2 Å². The fourth-order valence-corrected chi connectivity index (χ4v) is 2.31. The van der Waals surface area contributed by atoms with Crippen molar-refractivity contribution in [3.8, 4) is 0 Å². The van der Waals surface area contributed by atoms with E-state index in [4.69, 9.17) is 4.74 Å². The highest BCUT2D eigenvalue weighted by molar-refractivity contribution is 5.30. The molecule has 0 amide bonds. The van der Waals surface area contributed by atoms with Crippen LogP contribution in [0.4, 0.5) is 0 Å². The molecule has 1 heterocycles. The molecule has 98 valence electrons. The molecule has 2 rings (SSSR count). The fraction of sp³-hybridized carbons (Fsp3) is 0.500. The van der Waals surface area contributed by atoms with Crippen molar-refractivity contribution in [2.24, 2.45) is 0 Å². The largest absolute Gasteiger partial charge is 0.501 e. The number of rotatable bonds is 5. The Bertz CT molecular complexity index is 394. The van der Waals surface area contributed by atoms with Crippen molar-refractivity contribution in [1.82, 2.24) is 5.32 Å². The molecule has 0 aliphatic carbocycles. The van der Waals surface area contributed by atoms with Crippen LogP contribution in [-0.4, -0.2) is 13.2 Å². The number of ether oxygens (including phenoxy) is 1. The van der Waals surface area contributed by atoms with Gasteiger partial charge in [-0.25, -0.2) is 0 Å². The highest BCUT2D eigenvalue weighted by atomic mass is 16.5. The van der Waals surface area contributed by atoms with E-state index in [1.165, 1.54) is 16.7 Å². The topological polar surface area (TPSA) is 21.3 Å². The van der Waals surface area contributed by atoms with Gasteiger partial charge in [0.05, 0.1) is 18.9 Å². The third-order valence-electron chi connectivity index (χ3n) is 3.34. The zero-order valence-electron chi connectivity index (χ0n) is 11.4. The van der Waals surface area contributed by atoms with E-state index in [1.807, 2.05) is 6.26 Å². The van der Waals surface area contributed by atoms with E-state index in [9.17, 15) is 0 Å². The van der Waals surface area contributed by atoms with Gasteiger partial charge in [-0.05, 0) is 43.9 Å². The van der Waals surface area contributed by atoms with Crippen LogP contribution in [0, 0.1) is 6.92 Å². The number of hydrogen-bond acceptors (Lipinski definition) is 2. The summed E-state index contributed by atoms with van der Waals surface area (Å²) in [6.07, 6.45) is 5.37. The maximum Gasteiger partial charge on any atom is 0.0876 e. The van der Waals surface area contributed by atoms with Gasteiger partial charge in [-0.15, -0.1) is 0 Å². The minimum absolute atomic E-state index is 0.311. The summed E-state index contributed by atoms with van der Waals surface area (Å²) in [5.41, 5.74) is 4.02. The van der Waals surface area contributed by atoms with E-state index >= 15 is 0 Å². The Morgan fingerprint density at radius 2 is 2.06 bits per heavy atom. The van der Waals surface area contributed by atoms with E-state index in [0.29, 0.717) is 6.04 Å². The Kier molecular flexibility index (Phi) is 4.82. The van der Waals surface area contributed by atoms with E-state index in [-0.39, 0.29) is 0 Å². The quantitative estimate of drug-likeness (QED) is 0.853. The van der Waals surface area contributed by atoms with Gasteiger partial charge in [0.15, 0.2) is 0 Å². The standard InChI is InChI=1S/C16H23NO/c1-3-10-17-16(15-5-4-11-18-12-15)14-8-6-13(2)7-9-14/h6-9,12,16-17H,3-5,10-11H2,1-2H3. The van der Waals surface area contributed by atoms with E-state index in [0.717, 1.165) is 32.4 Å². The van der Waals surface area contributed by atoms with Crippen LogP contribution in [0.2, 0.25) is 0 Å². The summed E-state index contributed by atoms with van der Waals surface area (Å²) in [6, 6.07) is 9.11. The number of benzene rings is 1. The first kappa shape index (κ1) is 13.2. The van der Waals surface area contributed by atoms with E-state index in [1.54, 1.807) is 0 Å². The molecule has 1 aliphatic heterocycles. The summed E-state index contributed by atoms with van der Waals surface area (Å²) >= 11 is 0. The van der Waals surface area contributed by atoms with Gasteiger partial charge in [0.25, 0.3) is 0 Å². The van der Waals surface area contributed by atoms with Gasteiger partial charge >= 0.3 is 0 Å². The van der Waals surface area contributed by atoms with Crippen LogP contribution in [0.25, 0.3) is 0 Å². The third kappa shape index (κ3) is 3.36. The molecule has 1 atom stereocenters. The van der Waals surface area contributed by atoms with Gasteiger partial charge in [0.2, 0.25) is 0 Å². The van der Waals surface area contributed by atoms with E-state index < -0.39 is 0 Å². The Hall–Kier alpha value is -1.28. The SMILES string of the molecule is CCCNC(C1=COCCC1)c1ccc(C)cc1. The van der Waals surface area contributed by atoms with Gasteiger partial charge < -0.3 is 10.1 Å². The molecule has 1 N–H and O–H groups in total. The molecular formula is C16H23NO. The first-order chi connectivity index (χ1) is 8.81. The predicted octanol–water partition coefficient (Wildman–Crippen LogP) is 3.73. The predicted molar refractivity (Wildman–Crippen MR) is 75.5 cm³/mol. The van der Waals surface area contributed by atoms with Crippen molar-refractivity contribution in [1.29, 1.82) is 0 Å². The Morgan fingerprint density at radius 1 is 1.28 bits per heavy atom. The lowest BCUT2D eigenvalue weighted by Gasteiger charge is -2.25. The summed E-state index contributed by atoms with van der Waals surface area (Å²) in [5.74, 6) is 0. The molecule has 18 heavy (non-hydrogen) atoms. The monoisotopic (exact) mass is 245 g/mol. The molecule has 0 saturated heterocycles. The van der Waals surface area contributed by atoms with Gasteiger partial charge in [-0.3, -0.25) is 0 Å². The van der Waals surface area contributed by atoms with Gasteiger partial charge in [-0.1, -0.05) is 36.8 Å². The minimum Gasteiger partial charge on any atom is -0.501 e. The molecule has 0 aromatic heterocycles. The van der Waals surface area contributed by atoms with Crippen LogP contribution in [0.15, 0.2) is 36.1 Å². The zero-order valence-corrected chi connectivity index (χ0v) is 11.4. The molecule has 1 aromatic carbocycles.